The van der Waals surface area contributed by atoms with Crippen molar-refractivity contribution in [2.45, 2.75) is 38.5 Å². The standard InChI is InChI=1S/C13H19/c1-3-4-6-9-12(2)13-10-7-5-8-11-13/h5,7-8,10-12H,2-4,6,9H2,1H3. The molecule has 0 heterocycles. The summed E-state index contributed by atoms with van der Waals surface area (Å²) < 4.78 is 0. The zero-order valence-electron chi connectivity index (χ0n) is 8.50. The molecule has 1 aromatic rings. The maximum atomic E-state index is 4.18. The van der Waals surface area contributed by atoms with Crippen molar-refractivity contribution < 1.29 is 0 Å². The number of unbranched alkanes of at least 4 members (excludes halogenated alkanes) is 2. The van der Waals surface area contributed by atoms with Gasteiger partial charge in [0.25, 0.3) is 0 Å². The molecule has 0 saturated carbocycles. The van der Waals surface area contributed by atoms with Crippen LogP contribution in [0.25, 0.3) is 0 Å². The van der Waals surface area contributed by atoms with Crippen molar-refractivity contribution in [2.75, 3.05) is 0 Å². The Balaban J connectivity index is 2.35. The molecule has 1 rings (SSSR count). The summed E-state index contributed by atoms with van der Waals surface area (Å²) in [5.41, 5.74) is 1.37. The van der Waals surface area contributed by atoms with Crippen LogP contribution < -0.4 is 0 Å². The van der Waals surface area contributed by atoms with Crippen molar-refractivity contribution in [1.82, 2.24) is 0 Å². The lowest BCUT2D eigenvalue weighted by molar-refractivity contribution is 0.627. The third-order valence-electron chi connectivity index (χ3n) is 2.43. The van der Waals surface area contributed by atoms with E-state index < -0.39 is 0 Å². The van der Waals surface area contributed by atoms with E-state index in [-0.39, 0.29) is 0 Å². The fraction of sp³-hybridized carbons (Fsp3) is 0.462. The van der Waals surface area contributed by atoms with Crippen LogP contribution in [-0.2, 0) is 0 Å². The van der Waals surface area contributed by atoms with E-state index in [1.165, 1.54) is 31.2 Å². The average molecular weight is 175 g/mol. The Morgan fingerprint density at radius 3 is 2.46 bits per heavy atom. The molecule has 0 aliphatic rings. The Morgan fingerprint density at radius 2 is 1.85 bits per heavy atom. The first-order chi connectivity index (χ1) is 6.34. The van der Waals surface area contributed by atoms with Gasteiger partial charge in [0, 0.05) is 0 Å². The normalized spacial score (nSPS) is 12.8. The second-order valence-corrected chi connectivity index (χ2v) is 3.60. The zero-order valence-corrected chi connectivity index (χ0v) is 8.50. The van der Waals surface area contributed by atoms with E-state index in [1.54, 1.807) is 0 Å². The van der Waals surface area contributed by atoms with Gasteiger partial charge in [-0.2, -0.15) is 0 Å². The Labute approximate surface area is 82.0 Å². The molecule has 0 fully saturated rings. The van der Waals surface area contributed by atoms with Crippen molar-refractivity contribution in [1.29, 1.82) is 0 Å². The van der Waals surface area contributed by atoms with Crippen LogP contribution >= 0.6 is 0 Å². The molecule has 0 saturated heterocycles. The summed E-state index contributed by atoms with van der Waals surface area (Å²) in [5, 5.41) is 0. The van der Waals surface area contributed by atoms with Crippen molar-refractivity contribution in [3.05, 3.63) is 42.8 Å². The topological polar surface area (TPSA) is 0 Å². The molecular formula is C13H19. The van der Waals surface area contributed by atoms with E-state index in [0.717, 1.165) is 0 Å². The van der Waals surface area contributed by atoms with Crippen LogP contribution in [0.5, 0.6) is 0 Å². The summed E-state index contributed by atoms with van der Waals surface area (Å²) in [5.74, 6) is 0.479. The summed E-state index contributed by atoms with van der Waals surface area (Å²) in [6, 6.07) is 10.6. The van der Waals surface area contributed by atoms with Gasteiger partial charge >= 0.3 is 0 Å². The minimum Gasteiger partial charge on any atom is -0.0654 e. The van der Waals surface area contributed by atoms with Gasteiger partial charge in [-0.25, -0.2) is 0 Å². The summed E-state index contributed by atoms with van der Waals surface area (Å²) in [6.45, 7) is 6.42. The molecule has 13 heavy (non-hydrogen) atoms. The van der Waals surface area contributed by atoms with Crippen LogP contribution in [-0.4, -0.2) is 0 Å². The smallest absolute Gasteiger partial charge is 0.0162 e. The van der Waals surface area contributed by atoms with Gasteiger partial charge in [0.05, 0.1) is 0 Å². The van der Waals surface area contributed by atoms with Gasteiger partial charge in [-0.15, -0.1) is 0 Å². The molecule has 0 aliphatic carbocycles. The van der Waals surface area contributed by atoms with E-state index in [4.69, 9.17) is 0 Å². The van der Waals surface area contributed by atoms with Crippen LogP contribution in [0.2, 0.25) is 0 Å². The van der Waals surface area contributed by atoms with Crippen LogP contribution in [0, 0.1) is 6.92 Å². The maximum Gasteiger partial charge on any atom is -0.0162 e. The van der Waals surface area contributed by atoms with Crippen LogP contribution in [0.4, 0.5) is 0 Å². The van der Waals surface area contributed by atoms with Crippen molar-refractivity contribution in [3.8, 4) is 0 Å². The first-order valence-electron chi connectivity index (χ1n) is 5.22. The number of rotatable bonds is 5. The van der Waals surface area contributed by atoms with Crippen LogP contribution in [0.1, 0.15) is 44.1 Å². The highest BCUT2D eigenvalue weighted by Gasteiger charge is 2.03. The Bertz CT molecular complexity index is 213. The van der Waals surface area contributed by atoms with Gasteiger partial charge in [-0.05, 0) is 24.8 Å². The molecule has 0 spiro atoms. The van der Waals surface area contributed by atoms with Gasteiger partial charge < -0.3 is 0 Å². The summed E-state index contributed by atoms with van der Waals surface area (Å²) >= 11 is 0. The Hall–Kier alpha value is -0.780. The highest BCUT2D eigenvalue weighted by molar-refractivity contribution is 5.20. The summed E-state index contributed by atoms with van der Waals surface area (Å²) in [6.07, 6.45) is 5.15. The SMILES string of the molecule is [CH2]C(CCCCC)c1ccccc1. The van der Waals surface area contributed by atoms with E-state index >= 15 is 0 Å². The monoisotopic (exact) mass is 175 g/mol. The highest BCUT2D eigenvalue weighted by atomic mass is 14.1. The first-order valence-corrected chi connectivity index (χ1v) is 5.22. The van der Waals surface area contributed by atoms with E-state index in [1.807, 2.05) is 0 Å². The van der Waals surface area contributed by atoms with E-state index in [9.17, 15) is 0 Å². The fourth-order valence-corrected chi connectivity index (χ4v) is 1.53. The average Bonchev–Trinajstić information content (AvgIpc) is 2.19. The highest BCUT2D eigenvalue weighted by Crippen LogP contribution is 2.20. The molecule has 0 nitrogen and oxygen atoms in total. The van der Waals surface area contributed by atoms with Gasteiger partial charge in [0.15, 0.2) is 0 Å². The molecule has 0 aliphatic heterocycles. The third kappa shape index (κ3) is 3.63. The first kappa shape index (κ1) is 10.3. The molecule has 1 aromatic carbocycles. The molecule has 0 bridgehead atoms. The number of hydrogen-bond donors (Lipinski definition) is 0. The van der Waals surface area contributed by atoms with Crippen LogP contribution in [0.15, 0.2) is 30.3 Å². The molecule has 0 aromatic heterocycles. The maximum absolute atomic E-state index is 4.18. The lowest BCUT2D eigenvalue weighted by atomic mass is 9.95. The largest absolute Gasteiger partial charge is 0.0654 e. The van der Waals surface area contributed by atoms with Gasteiger partial charge in [0.2, 0.25) is 0 Å². The number of benzene rings is 1. The number of hydrogen-bond acceptors (Lipinski definition) is 0. The lowest BCUT2D eigenvalue weighted by Gasteiger charge is -2.10. The molecule has 0 amide bonds. The van der Waals surface area contributed by atoms with Gasteiger partial charge in [-0.3, -0.25) is 0 Å². The van der Waals surface area contributed by atoms with Crippen molar-refractivity contribution in [2.24, 2.45) is 0 Å². The minimum absolute atomic E-state index is 0.479. The molecule has 71 valence electrons. The molecular weight excluding hydrogens is 156 g/mol. The summed E-state index contributed by atoms with van der Waals surface area (Å²) in [7, 11) is 0. The molecule has 0 N–H and O–H groups in total. The predicted octanol–water partition coefficient (Wildman–Crippen LogP) is 4.18. The van der Waals surface area contributed by atoms with Gasteiger partial charge in [0.1, 0.15) is 0 Å². The molecule has 0 heteroatoms. The Morgan fingerprint density at radius 1 is 1.15 bits per heavy atom. The second kappa shape index (κ2) is 5.80. The van der Waals surface area contributed by atoms with Crippen LogP contribution in [0.3, 0.4) is 0 Å². The lowest BCUT2D eigenvalue weighted by Crippen LogP contribution is -1.93. The minimum atomic E-state index is 0.479. The predicted molar refractivity (Wildman–Crippen MR) is 58.7 cm³/mol. The fourth-order valence-electron chi connectivity index (χ4n) is 1.53. The van der Waals surface area contributed by atoms with Crippen molar-refractivity contribution >= 4 is 0 Å². The third-order valence-corrected chi connectivity index (χ3v) is 2.43. The second-order valence-electron chi connectivity index (χ2n) is 3.60. The van der Waals surface area contributed by atoms with E-state index in [2.05, 4.69) is 44.2 Å². The molecule has 1 atom stereocenters. The van der Waals surface area contributed by atoms with Gasteiger partial charge in [-0.1, -0.05) is 56.5 Å². The Kier molecular flexibility index (Phi) is 4.59. The zero-order chi connectivity index (χ0) is 9.52. The molecule has 1 unspecified atom stereocenters. The van der Waals surface area contributed by atoms with Crippen molar-refractivity contribution in [3.63, 3.8) is 0 Å². The quantitative estimate of drug-likeness (QED) is 0.589. The van der Waals surface area contributed by atoms with E-state index in [0.29, 0.717) is 5.92 Å². The summed E-state index contributed by atoms with van der Waals surface area (Å²) in [4.78, 5) is 0. The molecule has 1 radical (unpaired) electrons.